The van der Waals surface area contributed by atoms with Crippen LogP contribution in [0.2, 0.25) is 0 Å². The van der Waals surface area contributed by atoms with Crippen molar-refractivity contribution >= 4 is 0 Å². The van der Waals surface area contributed by atoms with Crippen molar-refractivity contribution < 1.29 is 8.91 Å². The summed E-state index contributed by atoms with van der Waals surface area (Å²) >= 11 is 0. The van der Waals surface area contributed by atoms with Crippen LogP contribution in [0.1, 0.15) is 37.5 Å². The van der Waals surface area contributed by atoms with Gasteiger partial charge in [0.25, 0.3) is 0 Å². The minimum Gasteiger partial charge on any atom is -0.359 e. The Morgan fingerprint density at radius 3 is 2.84 bits per heavy atom. The first kappa shape index (κ1) is 12.4. The summed E-state index contributed by atoms with van der Waals surface area (Å²) in [6.45, 7) is 1.03. The number of nitrogens with zero attached hydrogens (tertiary/aromatic N) is 1. The third kappa shape index (κ3) is 2.84. The zero-order chi connectivity index (χ0) is 13.1. The van der Waals surface area contributed by atoms with Crippen LogP contribution >= 0.6 is 0 Å². The smallest absolute Gasteiger partial charge is 0.154 e. The fourth-order valence-electron chi connectivity index (χ4n) is 2.48. The van der Waals surface area contributed by atoms with E-state index in [1.165, 1.54) is 31.4 Å². The molecule has 0 unspecified atom stereocenters. The topological polar surface area (TPSA) is 38.1 Å². The van der Waals surface area contributed by atoms with Crippen LogP contribution in [0.3, 0.4) is 0 Å². The molecule has 1 saturated heterocycles. The predicted molar refractivity (Wildman–Crippen MR) is 71.1 cm³/mol. The van der Waals surface area contributed by atoms with Crippen molar-refractivity contribution in [2.45, 2.75) is 31.7 Å². The number of benzene rings is 1. The predicted octanol–water partition coefficient (Wildman–Crippen LogP) is 3.69. The highest BCUT2D eigenvalue weighted by atomic mass is 19.1. The molecule has 3 nitrogen and oxygen atoms in total. The summed E-state index contributed by atoms with van der Waals surface area (Å²) in [7, 11) is 0. The molecule has 0 saturated carbocycles. The number of nitrogens with one attached hydrogen (secondary N) is 1. The Hall–Kier alpha value is -1.68. The highest BCUT2D eigenvalue weighted by Crippen LogP contribution is 2.27. The van der Waals surface area contributed by atoms with E-state index in [2.05, 4.69) is 10.5 Å². The zero-order valence-corrected chi connectivity index (χ0v) is 10.7. The molecule has 0 radical (unpaired) electrons. The van der Waals surface area contributed by atoms with Crippen LogP contribution in [-0.2, 0) is 0 Å². The minimum atomic E-state index is -0.238. The molecule has 0 bridgehead atoms. The highest BCUT2D eigenvalue weighted by molar-refractivity contribution is 5.58. The maximum Gasteiger partial charge on any atom is 0.154 e. The highest BCUT2D eigenvalue weighted by Gasteiger charge is 2.18. The summed E-state index contributed by atoms with van der Waals surface area (Å²) in [6.07, 6.45) is 4.78. The summed E-state index contributed by atoms with van der Waals surface area (Å²) in [6, 6.07) is 8.52. The molecule has 3 rings (SSSR count). The molecule has 0 amide bonds. The second kappa shape index (κ2) is 5.53. The lowest BCUT2D eigenvalue weighted by Crippen LogP contribution is -2.19. The first-order valence-corrected chi connectivity index (χ1v) is 6.79. The van der Waals surface area contributed by atoms with E-state index in [-0.39, 0.29) is 11.9 Å². The van der Waals surface area contributed by atoms with E-state index in [4.69, 9.17) is 4.52 Å². The van der Waals surface area contributed by atoms with Gasteiger partial charge in [0, 0.05) is 11.6 Å². The zero-order valence-electron chi connectivity index (χ0n) is 10.7. The van der Waals surface area contributed by atoms with Crippen molar-refractivity contribution in [1.82, 2.24) is 10.5 Å². The van der Waals surface area contributed by atoms with Gasteiger partial charge in [0.15, 0.2) is 5.76 Å². The number of hydrogen-bond acceptors (Lipinski definition) is 3. The monoisotopic (exact) mass is 260 g/mol. The molecule has 0 spiro atoms. The molecule has 19 heavy (non-hydrogen) atoms. The van der Waals surface area contributed by atoms with Crippen LogP contribution in [0, 0.1) is 5.82 Å². The van der Waals surface area contributed by atoms with Crippen molar-refractivity contribution in [2.24, 2.45) is 0 Å². The Morgan fingerprint density at radius 2 is 2.00 bits per heavy atom. The standard InChI is InChI=1S/C15H17FN2O/c16-12-7-5-11(6-8-12)14-10-15(19-18-14)13-4-2-1-3-9-17-13/h5-8,10,13,17H,1-4,9H2/t13-/m0/s1. The van der Waals surface area contributed by atoms with Crippen molar-refractivity contribution in [1.29, 1.82) is 0 Å². The van der Waals surface area contributed by atoms with E-state index < -0.39 is 0 Å². The van der Waals surface area contributed by atoms with E-state index in [0.29, 0.717) is 0 Å². The fraction of sp³-hybridized carbons (Fsp3) is 0.400. The lowest BCUT2D eigenvalue weighted by Gasteiger charge is -2.10. The molecule has 1 aromatic carbocycles. The third-order valence-corrected chi connectivity index (χ3v) is 3.57. The lowest BCUT2D eigenvalue weighted by molar-refractivity contribution is 0.336. The lowest BCUT2D eigenvalue weighted by atomic mass is 10.1. The molecule has 4 heteroatoms. The first-order chi connectivity index (χ1) is 9.33. The van der Waals surface area contributed by atoms with Crippen LogP contribution in [0.25, 0.3) is 11.3 Å². The summed E-state index contributed by atoms with van der Waals surface area (Å²) in [5.74, 6) is 0.638. The average molecular weight is 260 g/mol. The quantitative estimate of drug-likeness (QED) is 0.895. The molecule has 2 heterocycles. The molecule has 2 aromatic rings. The van der Waals surface area contributed by atoms with Crippen LogP contribution in [0.4, 0.5) is 4.39 Å². The van der Waals surface area contributed by atoms with Crippen molar-refractivity contribution in [3.63, 3.8) is 0 Å². The molecule has 1 aliphatic heterocycles. The number of halogens is 1. The minimum absolute atomic E-state index is 0.238. The number of hydrogen-bond donors (Lipinski definition) is 1. The molecule has 100 valence electrons. The van der Waals surface area contributed by atoms with Crippen molar-refractivity contribution in [2.75, 3.05) is 6.54 Å². The Labute approximate surface area is 111 Å². The summed E-state index contributed by atoms with van der Waals surface area (Å²) < 4.78 is 18.3. The molecule has 1 N–H and O–H groups in total. The maximum atomic E-state index is 12.9. The van der Waals surface area contributed by atoms with Gasteiger partial charge < -0.3 is 9.84 Å². The van der Waals surface area contributed by atoms with E-state index in [1.54, 1.807) is 12.1 Å². The molecule has 0 aliphatic carbocycles. The SMILES string of the molecule is Fc1ccc(-c2cc([C@@H]3CCCCCN3)on2)cc1. The van der Waals surface area contributed by atoms with Crippen LogP contribution < -0.4 is 5.32 Å². The molecular weight excluding hydrogens is 243 g/mol. The molecule has 1 aromatic heterocycles. The molecular formula is C15H17FN2O. The van der Waals surface area contributed by atoms with Gasteiger partial charge in [0.2, 0.25) is 0 Å². The third-order valence-electron chi connectivity index (χ3n) is 3.57. The normalized spacial score (nSPS) is 20.2. The number of aromatic nitrogens is 1. The van der Waals surface area contributed by atoms with E-state index >= 15 is 0 Å². The van der Waals surface area contributed by atoms with Gasteiger partial charge in [0.1, 0.15) is 11.5 Å². The van der Waals surface area contributed by atoms with Crippen LogP contribution in [0.15, 0.2) is 34.9 Å². The van der Waals surface area contributed by atoms with E-state index in [9.17, 15) is 4.39 Å². The van der Waals surface area contributed by atoms with E-state index in [0.717, 1.165) is 30.0 Å². The van der Waals surface area contributed by atoms with Gasteiger partial charge in [-0.25, -0.2) is 4.39 Å². The van der Waals surface area contributed by atoms with Gasteiger partial charge in [-0.3, -0.25) is 0 Å². The van der Waals surface area contributed by atoms with Gasteiger partial charge in [0.05, 0.1) is 6.04 Å². The van der Waals surface area contributed by atoms with Crippen molar-refractivity contribution in [3.8, 4) is 11.3 Å². The fourth-order valence-corrected chi connectivity index (χ4v) is 2.48. The van der Waals surface area contributed by atoms with Crippen molar-refractivity contribution in [3.05, 3.63) is 41.9 Å². The van der Waals surface area contributed by atoms with Crippen LogP contribution in [0.5, 0.6) is 0 Å². The molecule has 1 aliphatic rings. The summed E-state index contributed by atoms with van der Waals surface area (Å²) in [4.78, 5) is 0. The van der Waals surface area contributed by atoms with Gasteiger partial charge in [-0.2, -0.15) is 0 Å². The van der Waals surface area contributed by atoms with Gasteiger partial charge in [-0.15, -0.1) is 0 Å². The average Bonchev–Trinajstić information content (AvgIpc) is 2.76. The largest absolute Gasteiger partial charge is 0.359 e. The van der Waals surface area contributed by atoms with Gasteiger partial charge in [-0.1, -0.05) is 18.0 Å². The van der Waals surface area contributed by atoms with Gasteiger partial charge >= 0.3 is 0 Å². The molecule has 1 atom stereocenters. The summed E-state index contributed by atoms with van der Waals surface area (Å²) in [5, 5.41) is 7.56. The Morgan fingerprint density at radius 1 is 1.16 bits per heavy atom. The van der Waals surface area contributed by atoms with Gasteiger partial charge in [-0.05, 0) is 43.7 Å². The Balaban J connectivity index is 1.80. The second-order valence-electron chi connectivity index (χ2n) is 4.98. The second-order valence-corrected chi connectivity index (χ2v) is 4.98. The molecule has 1 fully saturated rings. The van der Waals surface area contributed by atoms with Crippen LogP contribution in [-0.4, -0.2) is 11.7 Å². The Bertz CT molecular complexity index is 527. The number of rotatable bonds is 2. The first-order valence-electron chi connectivity index (χ1n) is 6.79. The maximum absolute atomic E-state index is 12.9. The Kier molecular flexibility index (Phi) is 3.60. The summed E-state index contributed by atoms with van der Waals surface area (Å²) in [5.41, 5.74) is 1.64. The van der Waals surface area contributed by atoms with E-state index in [1.807, 2.05) is 6.07 Å².